The van der Waals surface area contributed by atoms with Gasteiger partial charge in [-0.3, -0.25) is 19.4 Å². The second kappa shape index (κ2) is 7.53. The van der Waals surface area contributed by atoms with E-state index in [0.717, 1.165) is 37.6 Å². The Kier molecular flexibility index (Phi) is 4.71. The molecule has 156 valence electrons. The first-order valence-corrected chi connectivity index (χ1v) is 10.1. The molecule has 2 aromatic rings. The average Bonchev–Trinajstić information content (AvgIpc) is 3.02. The van der Waals surface area contributed by atoms with Gasteiger partial charge in [-0.15, -0.1) is 0 Å². The van der Waals surface area contributed by atoms with Crippen LogP contribution >= 0.6 is 0 Å². The van der Waals surface area contributed by atoms with Gasteiger partial charge in [0.05, 0.1) is 25.0 Å². The maximum atomic E-state index is 12.6. The topological polar surface area (TPSA) is 71.6 Å². The number of nitrogens with zero attached hydrogens (tertiary/aromatic N) is 3. The van der Waals surface area contributed by atoms with E-state index in [2.05, 4.69) is 21.9 Å². The molecule has 30 heavy (non-hydrogen) atoms. The second-order valence-electron chi connectivity index (χ2n) is 7.52. The van der Waals surface area contributed by atoms with Crippen LogP contribution in [0.2, 0.25) is 0 Å². The van der Waals surface area contributed by atoms with Crippen molar-refractivity contribution in [2.45, 2.75) is 0 Å². The van der Waals surface area contributed by atoms with Crippen molar-refractivity contribution in [3.63, 3.8) is 0 Å². The van der Waals surface area contributed by atoms with E-state index in [-0.39, 0.29) is 0 Å². The predicted octanol–water partition coefficient (Wildman–Crippen LogP) is 1.78. The van der Waals surface area contributed by atoms with Crippen LogP contribution in [0.3, 0.4) is 0 Å². The summed E-state index contributed by atoms with van der Waals surface area (Å²) in [7, 11) is 1.66. The number of piperazine rings is 1. The van der Waals surface area contributed by atoms with E-state index >= 15 is 0 Å². The van der Waals surface area contributed by atoms with E-state index in [9.17, 15) is 9.59 Å². The first-order valence-electron chi connectivity index (χ1n) is 10.1. The monoisotopic (exact) mass is 409 g/mol. The fraction of sp³-hybridized carbons (Fsp3) is 0.364. The lowest BCUT2D eigenvalue weighted by Crippen LogP contribution is -2.51. The van der Waals surface area contributed by atoms with Gasteiger partial charge in [0, 0.05) is 37.9 Å². The summed E-state index contributed by atoms with van der Waals surface area (Å²) >= 11 is 0. The highest BCUT2D eigenvalue weighted by atomic mass is 16.6. The summed E-state index contributed by atoms with van der Waals surface area (Å²) in [5.41, 5.74) is 2.14. The number of anilines is 2. The molecule has 1 amide bonds. The van der Waals surface area contributed by atoms with Crippen LogP contribution in [0.4, 0.5) is 11.4 Å². The number of ketones is 1. The van der Waals surface area contributed by atoms with Gasteiger partial charge in [0.25, 0.3) is 5.78 Å². The SMILES string of the molecule is COc1ccc(N2CCN(CN3C(=O)C(=O)c4cc5c(cc43)OCCO5)CC2)cc1. The Balaban J connectivity index is 1.28. The molecule has 1 saturated heterocycles. The van der Waals surface area contributed by atoms with Crippen molar-refractivity contribution in [1.82, 2.24) is 4.90 Å². The van der Waals surface area contributed by atoms with Crippen LogP contribution in [0, 0.1) is 0 Å². The number of Topliss-reactive ketones (excluding diaryl/α,β-unsaturated/α-hetero) is 1. The molecule has 0 saturated carbocycles. The number of fused-ring (bicyclic) bond motifs is 2. The first kappa shape index (κ1) is 18.7. The van der Waals surface area contributed by atoms with E-state index in [0.29, 0.717) is 42.6 Å². The third-order valence-corrected chi connectivity index (χ3v) is 5.79. The molecule has 2 aromatic carbocycles. The summed E-state index contributed by atoms with van der Waals surface area (Å²) in [6, 6.07) is 11.4. The summed E-state index contributed by atoms with van der Waals surface area (Å²) in [5, 5.41) is 0. The number of carbonyl (C=O) groups is 2. The minimum atomic E-state index is -0.495. The summed E-state index contributed by atoms with van der Waals surface area (Å²) in [5.74, 6) is 0.960. The molecule has 1 fully saturated rings. The molecule has 0 aromatic heterocycles. The van der Waals surface area contributed by atoms with Gasteiger partial charge in [-0.1, -0.05) is 0 Å². The average molecular weight is 409 g/mol. The van der Waals surface area contributed by atoms with Crippen molar-refractivity contribution in [1.29, 1.82) is 0 Å². The Hall–Kier alpha value is -3.26. The third-order valence-electron chi connectivity index (χ3n) is 5.79. The number of methoxy groups -OCH3 is 1. The van der Waals surface area contributed by atoms with Gasteiger partial charge in [-0.25, -0.2) is 0 Å². The molecule has 0 aliphatic carbocycles. The number of hydrogen-bond acceptors (Lipinski definition) is 7. The van der Waals surface area contributed by atoms with Crippen molar-refractivity contribution in [2.24, 2.45) is 0 Å². The Bertz CT molecular complexity index is 983. The Morgan fingerprint density at radius 1 is 0.933 bits per heavy atom. The summed E-state index contributed by atoms with van der Waals surface area (Å²) in [4.78, 5) is 31.2. The normalized spacial score (nSPS) is 18.6. The van der Waals surface area contributed by atoms with Crippen molar-refractivity contribution in [3.05, 3.63) is 42.0 Å². The molecule has 8 nitrogen and oxygen atoms in total. The fourth-order valence-electron chi connectivity index (χ4n) is 4.11. The molecule has 0 bridgehead atoms. The Morgan fingerprint density at radius 3 is 2.27 bits per heavy atom. The van der Waals surface area contributed by atoms with Crippen molar-refractivity contribution < 1.29 is 23.8 Å². The van der Waals surface area contributed by atoms with Gasteiger partial charge in [-0.2, -0.15) is 0 Å². The number of hydrogen-bond donors (Lipinski definition) is 0. The van der Waals surface area contributed by atoms with Gasteiger partial charge >= 0.3 is 5.91 Å². The van der Waals surface area contributed by atoms with Gasteiger partial charge in [-0.05, 0) is 30.3 Å². The molecule has 0 spiro atoms. The molecule has 0 atom stereocenters. The minimum Gasteiger partial charge on any atom is -0.497 e. The zero-order chi connectivity index (χ0) is 20.7. The van der Waals surface area contributed by atoms with Crippen LogP contribution < -0.4 is 24.0 Å². The zero-order valence-corrected chi connectivity index (χ0v) is 16.8. The highest BCUT2D eigenvalue weighted by Gasteiger charge is 2.38. The minimum absolute atomic E-state index is 0.383. The van der Waals surface area contributed by atoms with Crippen LogP contribution in [0.25, 0.3) is 0 Å². The number of carbonyl (C=O) groups excluding carboxylic acids is 2. The maximum Gasteiger partial charge on any atom is 0.300 e. The van der Waals surface area contributed by atoms with Gasteiger partial charge in [0.2, 0.25) is 0 Å². The number of ether oxygens (including phenoxy) is 3. The molecule has 0 radical (unpaired) electrons. The molecule has 8 heteroatoms. The van der Waals surface area contributed by atoms with E-state index in [1.807, 2.05) is 12.1 Å². The molecular formula is C22H23N3O5. The number of amides is 1. The van der Waals surface area contributed by atoms with Crippen molar-refractivity contribution >= 4 is 23.1 Å². The Labute approximate surface area is 174 Å². The number of rotatable bonds is 4. The van der Waals surface area contributed by atoms with Crippen LogP contribution in [0.5, 0.6) is 17.2 Å². The summed E-state index contributed by atoms with van der Waals surface area (Å²) in [6.45, 7) is 4.56. The number of benzene rings is 2. The highest BCUT2D eigenvalue weighted by molar-refractivity contribution is 6.52. The van der Waals surface area contributed by atoms with Crippen LogP contribution in [0.15, 0.2) is 36.4 Å². The molecule has 5 rings (SSSR count). The van der Waals surface area contributed by atoms with Gasteiger partial charge < -0.3 is 19.1 Å². The first-order chi connectivity index (χ1) is 14.6. The Morgan fingerprint density at radius 2 is 1.60 bits per heavy atom. The van der Waals surface area contributed by atoms with Crippen LogP contribution in [0.1, 0.15) is 10.4 Å². The third kappa shape index (κ3) is 3.23. The van der Waals surface area contributed by atoms with Gasteiger partial charge in [0.15, 0.2) is 11.5 Å². The lowest BCUT2D eigenvalue weighted by molar-refractivity contribution is -0.114. The lowest BCUT2D eigenvalue weighted by atomic mass is 10.1. The second-order valence-corrected chi connectivity index (χ2v) is 7.52. The van der Waals surface area contributed by atoms with E-state index in [1.54, 1.807) is 24.1 Å². The molecular weight excluding hydrogens is 386 g/mol. The van der Waals surface area contributed by atoms with Gasteiger partial charge in [0.1, 0.15) is 19.0 Å². The van der Waals surface area contributed by atoms with Crippen LogP contribution in [-0.4, -0.2) is 69.8 Å². The molecule has 3 heterocycles. The molecule has 3 aliphatic rings. The lowest BCUT2D eigenvalue weighted by Gasteiger charge is -2.37. The fourth-order valence-corrected chi connectivity index (χ4v) is 4.11. The molecule has 0 N–H and O–H groups in total. The smallest absolute Gasteiger partial charge is 0.300 e. The zero-order valence-electron chi connectivity index (χ0n) is 16.8. The van der Waals surface area contributed by atoms with E-state index in [1.165, 1.54) is 0 Å². The van der Waals surface area contributed by atoms with E-state index in [4.69, 9.17) is 14.2 Å². The predicted molar refractivity (Wildman–Crippen MR) is 111 cm³/mol. The van der Waals surface area contributed by atoms with Crippen molar-refractivity contribution in [3.8, 4) is 17.2 Å². The molecule has 3 aliphatic heterocycles. The quantitative estimate of drug-likeness (QED) is 0.713. The molecule has 0 unspecified atom stereocenters. The van der Waals surface area contributed by atoms with E-state index < -0.39 is 11.7 Å². The van der Waals surface area contributed by atoms with Crippen LogP contribution in [-0.2, 0) is 4.79 Å². The maximum absolute atomic E-state index is 12.6. The largest absolute Gasteiger partial charge is 0.497 e. The summed E-state index contributed by atoms with van der Waals surface area (Å²) in [6.07, 6.45) is 0. The van der Waals surface area contributed by atoms with Crippen molar-refractivity contribution in [2.75, 3.05) is 63.0 Å². The summed E-state index contributed by atoms with van der Waals surface area (Å²) < 4.78 is 16.4. The highest BCUT2D eigenvalue weighted by Crippen LogP contribution is 2.40. The standard InChI is InChI=1S/C22H23N3O5/c1-28-16-4-2-15(3-5-16)24-8-6-23(7-9-24)14-25-18-13-20-19(29-10-11-30-20)12-17(18)21(26)22(25)27/h2-5,12-13H,6-11,14H2,1H3.